The zero-order chi connectivity index (χ0) is 11.1. The van der Waals surface area contributed by atoms with Crippen molar-refractivity contribution in [1.82, 2.24) is 0 Å². The highest BCUT2D eigenvalue weighted by atomic mass is 32.2. The standard InChI is InChI=1S/C13H18OS/c1-3-4-5-6-11-15(14)13-9-7-12(2)8-10-13/h6-11H,3-5H2,1-2H3/b11-6-. The van der Waals surface area contributed by atoms with Gasteiger partial charge in [-0.15, -0.1) is 0 Å². The monoisotopic (exact) mass is 222 g/mol. The first-order valence-corrected chi connectivity index (χ1v) is 6.59. The molecule has 15 heavy (non-hydrogen) atoms. The van der Waals surface area contributed by atoms with Crippen LogP contribution in [0, 0.1) is 6.92 Å². The predicted molar refractivity (Wildman–Crippen MR) is 66.3 cm³/mol. The molecule has 0 fully saturated rings. The van der Waals surface area contributed by atoms with Crippen LogP contribution in [0.2, 0.25) is 0 Å². The Kier molecular flexibility index (Phi) is 5.33. The van der Waals surface area contributed by atoms with E-state index in [0.29, 0.717) is 0 Å². The summed E-state index contributed by atoms with van der Waals surface area (Å²) < 4.78 is 11.7. The van der Waals surface area contributed by atoms with Crippen molar-refractivity contribution in [3.05, 3.63) is 41.3 Å². The molecule has 0 saturated carbocycles. The van der Waals surface area contributed by atoms with Crippen molar-refractivity contribution in [3.63, 3.8) is 0 Å². The summed E-state index contributed by atoms with van der Waals surface area (Å²) in [6.07, 6.45) is 5.39. The molecule has 1 atom stereocenters. The number of hydrogen-bond donors (Lipinski definition) is 0. The lowest BCUT2D eigenvalue weighted by atomic mass is 10.2. The molecule has 2 heteroatoms. The maximum atomic E-state index is 11.7. The molecular weight excluding hydrogens is 204 g/mol. The first-order valence-electron chi connectivity index (χ1n) is 5.38. The van der Waals surface area contributed by atoms with Gasteiger partial charge in [0.2, 0.25) is 0 Å². The van der Waals surface area contributed by atoms with Crippen LogP contribution in [-0.2, 0) is 10.8 Å². The lowest BCUT2D eigenvalue weighted by Crippen LogP contribution is -1.86. The van der Waals surface area contributed by atoms with Crippen LogP contribution in [0.3, 0.4) is 0 Å². The molecule has 0 aliphatic rings. The van der Waals surface area contributed by atoms with Crippen molar-refractivity contribution in [2.45, 2.75) is 38.0 Å². The van der Waals surface area contributed by atoms with Crippen LogP contribution in [0.25, 0.3) is 0 Å². The molecule has 0 radical (unpaired) electrons. The second kappa shape index (κ2) is 6.57. The van der Waals surface area contributed by atoms with E-state index in [0.717, 1.165) is 11.3 Å². The van der Waals surface area contributed by atoms with E-state index in [2.05, 4.69) is 6.92 Å². The summed E-state index contributed by atoms with van der Waals surface area (Å²) in [7, 11) is -0.976. The lowest BCUT2D eigenvalue weighted by molar-refractivity contribution is 0.688. The maximum Gasteiger partial charge on any atom is 0.0772 e. The number of hydrogen-bond acceptors (Lipinski definition) is 1. The molecule has 0 bridgehead atoms. The molecule has 0 spiro atoms. The van der Waals surface area contributed by atoms with Gasteiger partial charge in [0.15, 0.2) is 0 Å². The van der Waals surface area contributed by atoms with E-state index in [1.165, 1.54) is 18.4 Å². The summed E-state index contributed by atoms with van der Waals surface area (Å²) in [5, 5.41) is 1.79. The molecule has 1 aromatic carbocycles. The molecule has 0 aliphatic carbocycles. The summed E-state index contributed by atoms with van der Waals surface area (Å²) in [6, 6.07) is 7.84. The third-order valence-electron chi connectivity index (χ3n) is 2.20. The van der Waals surface area contributed by atoms with Crippen LogP contribution in [0.4, 0.5) is 0 Å². The molecular formula is C13H18OS. The number of aryl methyl sites for hydroxylation is 1. The molecule has 0 aromatic heterocycles. The minimum Gasteiger partial charge on any atom is -0.250 e. The van der Waals surface area contributed by atoms with Crippen LogP contribution >= 0.6 is 0 Å². The quantitative estimate of drug-likeness (QED) is 0.692. The van der Waals surface area contributed by atoms with Crippen LogP contribution in [0.15, 0.2) is 40.6 Å². The highest BCUT2D eigenvalue weighted by molar-refractivity contribution is 7.88. The Bertz CT molecular complexity index is 338. The minimum atomic E-state index is -0.976. The van der Waals surface area contributed by atoms with Crippen molar-refractivity contribution >= 4 is 10.8 Å². The Morgan fingerprint density at radius 3 is 2.53 bits per heavy atom. The second-order valence-corrected chi connectivity index (χ2v) is 4.96. The predicted octanol–water partition coefficient (Wildman–Crippen LogP) is 3.81. The summed E-state index contributed by atoms with van der Waals surface area (Å²) in [6.45, 7) is 4.19. The van der Waals surface area contributed by atoms with Gasteiger partial charge in [0.1, 0.15) is 0 Å². The molecule has 1 aromatic rings. The summed E-state index contributed by atoms with van der Waals surface area (Å²) >= 11 is 0. The average molecular weight is 222 g/mol. The molecule has 0 saturated heterocycles. The van der Waals surface area contributed by atoms with E-state index < -0.39 is 10.8 Å². The summed E-state index contributed by atoms with van der Waals surface area (Å²) in [4.78, 5) is 0.883. The SMILES string of the molecule is CCCC/C=C\S(=O)c1ccc(C)cc1. The molecule has 0 aliphatic heterocycles. The van der Waals surface area contributed by atoms with E-state index >= 15 is 0 Å². The highest BCUT2D eigenvalue weighted by Gasteiger charge is 1.97. The first-order chi connectivity index (χ1) is 7.24. The molecule has 0 amide bonds. The van der Waals surface area contributed by atoms with Crippen molar-refractivity contribution in [3.8, 4) is 0 Å². The largest absolute Gasteiger partial charge is 0.250 e. The third kappa shape index (κ3) is 4.43. The van der Waals surface area contributed by atoms with E-state index in [1.54, 1.807) is 5.41 Å². The van der Waals surface area contributed by atoms with Gasteiger partial charge in [0, 0.05) is 10.3 Å². The van der Waals surface area contributed by atoms with Gasteiger partial charge < -0.3 is 0 Å². The Labute approximate surface area is 94.7 Å². The maximum absolute atomic E-state index is 11.7. The van der Waals surface area contributed by atoms with Gasteiger partial charge in [-0.25, -0.2) is 4.21 Å². The zero-order valence-corrected chi connectivity index (χ0v) is 10.2. The van der Waals surface area contributed by atoms with Gasteiger partial charge in [-0.1, -0.05) is 43.5 Å². The van der Waals surface area contributed by atoms with E-state index in [9.17, 15) is 4.21 Å². The van der Waals surface area contributed by atoms with Crippen LogP contribution < -0.4 is 0 Å². The van der Waals surface area contributed by atoms with E-state index in [1.807, 2.05) is 37.3 Å². The molecule has 1 nitrogen and oxygen atoms in total. The average Bonchev–Trinajstić information content (AvgIpc) is 2.25. The van der Waals surface area contributed by atoms with Crippen molar-refractivity contribution in [2.75, 3.05) is 0 Å². The fourth-order valence-corrected chi connectivity index (χ4v) is 2.10. The Morgan fingerprint density at radius 2 is 1.93 bits per heavy atom. The van der Waals surface area contributed by atoms with Crippen molar-refractivity contribution in [1.29, 1.82) is 0 Å². The Morgan fingerprint density at radius 1 is 1.27 bits per heavy atom. The van der Waals surface area contributed by atoms with Crippen molar-refractivity contribution < 1.29 is 4.21 Å². The number of unbranched alkanes of at least 4 members (excludes halogenated alkanes) is 2. The fraction of sp³-hybridized carbons (Fsp3) is 0.385. The Balaban J connectivity index is 2.53. The number of rotatable bonds is 5. The van der Waals surface area contributed by atoms with Crippen LogP contribution in [-0.4, -0.2) is 4.21 Å². The van der Waals surface area contributed by atoms with E-state index in [4.69, 9.17) is 0 Å². The van der Waals surface area contributed by atoms with Crippen molar-refractivity contribution in [2.24, 2.45) is 0 Å². The minimum absolute atomic E-state index is 0.883. The zero-order valence-electron chi connectivity index (χ0n) is 9.40. The molecule has 1 rings (SSSR count). The Hall–Kier alpha value is -0.890. The summed E-state index contributed by atoms with van der Waals surface area (Å²) in [5.74, 6) is 0. The topological polar surface area (TPSA) is 17.1 Å². The molecule has 0 N–H and O–H groups in total. The van der Waals surface area contributed by atoms with Crippen LogP contribution in [0.1, 0.15) is 31.7 Å². The van der Waals surface area contributed by atoms with Gasteiger partial charge in [-0.2, -0.15) is 0 Å². The number of allylic oxidation sites excluding steroid dienone is 1. The third-order valence-corrected chi connectivity index (χ3v) is 3.37. The number of benzene rings is 1. The molecule has 0 heterocycles. The van der Waals surface area contributed by atoms with Crippen LogP contribution in [0.5, 0.6) is 0 Å². The molecule has 1 unspecified atom stereocenters. The normalized spacial score (nSPS) is 13.2. The van der Waals surface area contributed by atoms with Gasteiger partial charge in [-0.3, -0.25) is 0 Å². The van der Waals surface area contributed by atoms with Gasteiger partial charge >= 0.3 is 0 Å². The van der Waals surface area contributed by atoms with Gasteiger partial charge in [0.25, 0.3) is 0 Å². The van der Waals surface area contributed by atoms with Gasteiger partial charge in [0.05, 0.1) is 10.8 Å². The smallest absolute Gasteiger partial charge is 0.0772 e. The summed E-state index contributed by atoms with van der Waals surface area (Å²) in [5.41, 5.74) is 1.20. The lowest BCUT2D eigenvalue weighted by Gasteiger charge is -1.97. The van der Waals surface area contributed by atoms with E-state index in [-0.39, 0.29) is 0 Å². The highest BCUT2D eigenvalue weighted by Crippen LogP contribution is 2.09. The fourth-order valence-electron chi connectivity index (χ4n) is 1.23. The molecule has 82 valence electrons. The first kappa shape index (κ1) is 12.2. The van der Waals surface area contributed by atoms with Gasteiger partial charge in [-0.05, 0) is 25.5 Å². The second-order valence-electron chi connectivity index (χ2n) is 3.62.